The van der Waals surface area contributed by atoms with Crippen LogP contribution in [-0.2, 0) is 0 Å². The van der Waals surface area contributed by atoms with Gasteiger partial charge in [-0.05, 0) is 105 Å². The summed E-state index contributed by atoms with van der Waals surface area (Å²) in [6.07, 6.45) is 18.7. The van der Waals surface area contributed by atoms with Crippen molar-refractivity contribution in [2.45, 2.75) is 117 Å². The van der Waals surface area contributed by atoms with Crippen LogP contribution in [0.1, 0.15) is 112 Å². The minimum Gasteiger partial charge on any atom is -0.390 e. The van der Waals surface area contributed by atoms with Gasteiger partial charge in [0.05, 0.1) is 5.60 Å². The Morgan fingerprint density at radius 2 is 1.79 bits per heavy atom. The average molecular weight is 387 g/mol. The highest BCUT2D eigenvalue weighted by Crippen LogP contribution is 2.67. The monoisotopic (exact) mass is 386 g/mol. The Labute approximate surface area is 174 Å². The summed E-state index contributed by atoms with van der Waals surface area (Å²) in [6, 6.07) is 0. The summed E-state index contributed by atoms with van der Waals surface area (Å²) in [7, 11) is 0. The van der Waals surface area contributed by atoms with Gasteiger partial charge in [0.25, 0.3) is 0 Å². The fraction of sp³-hybridized carbons (Fsp3) is 0.926. The molecule has 4 aliphatic rings. The molecule has 0 amide bonds. The molecule has 0 aromatic carbocycles. The highest BCUT2D eigenvalue weighted by molar-refractivity contribution is 5.26. The predicted molar refractivity (Wildman–Crippen MR) is 119 cm³/mol. The summed E-state index contributed by atoms with van der Waals surface area (Å²) in [5, 5.41) is 10.6. The molecule has 7 atom stereocenters. The van der Waals surface area contributed by atoms with E-state index in [1.54, 1.807) is 5.57 Å². The number of hydrogen-bond acceptors (Lipinski definition) is 1. The van der Waals surface area contributed by atoms with Crippen LogP contribution in [0.2, 0.25) is 0 Å². The van der Waals surface area contributed by atoms with E-state index in [1.807, 2.05) is 0 Å². The molecule has 4 rings (SSSR count). The molecular weight excluding hydrogens is 340 g/mol. The Morgan fingerprint density at radius 1 is 1.00 bits per heavy atom. The van der Waals surface area contributed by atoms with E-state index in [9.17, 15) is 5.11 Å². The molecule has 0 aromatic heterocycles. The third-order valence-electron chi connectivity index (χ3n) is 10.2. The van der Waals surface area contributed by atoms with E-state index in [1.165, 1.54) is 64.2 Å². The number of unbranched alkanes of at least 4 members (excludes halogenated alkanes) is 1. The fourth-order valence-electron chi connectivity index (χ4n) is 8.33. The summed E-state index contributed by atoms with van der Waals surface area (Å²) in [4.78, 5) is 0. The van der Waals surface area contributed by atoms with Gasteiger partial charge in [-0.3, -0.25) is 0 Å². The van der Waals surface area contributed by atoms with Gasteiger partial charge in [0.15, 0.2) is 0 Å². The van der Waals surface area contributed by atoms with Crippen molar-refractivity contribution in [2.75, 3.05) is 0 Å². The van der Waals surface area contributed by atoms with E-state index in [0.29, 0.717) is 10.8 Å². The molecule has 3 saturated carbocycles. The molecule has 3 fully saturated rings. The van der Waals surface area contributed by atoms with Crippen molar-refractivity contribution in [1.29, 1.82) is 0 Å². The molecule has 0 spiro atoms. The van der Waals surface area contributed by atoms with Crippen LogP contribution in [0.25, 0.3) is 0 Å². The smallest absolute Gasteiger partial charge is 0.0657 e. The summed E-state index contributed by atoms with van der Waals surface area (Å²) >= 11 is 0. The number of allylic oxidation sites excluding steroid dienone is 1. The van der Waals surface area contributed by atoms with Gasteiger partial charge in [-0.15, -0.1) is 0 Å². The number of rotatable bonds is 5. The van der Waals surface area contributed by atoms with Crippen molar-refractivity contribution in [2.24, 2.45) is 40.4 Å². The maximum absolute atomic E-state index is 10.6. The van der Waals surface area contributed by atoms with Crippen LogP contribution in [0.5, 0.6) is 0 Å². The van der Waals surface area contributed by atoms with Crippen molar-refractivity contribution in [3.8, 4) is 0 Å². The lowest BCUT2D eigenvalue weighted by Crippen LogP contribution is -2.51. The van der Waals surface area contributed by atoms with Crippen LogP contribution in [-0.4, -0.2) is 10.7 Å². The van der Waals surface area contributed by atoms with Gasteiger partial charge < -0.3 is 5.11 Å². The van der Waals surface area contributed by atoms with Gasteiger partial charge in [0.2, 0.25) is 0 Å². The Morgan fingerprint density at radius 3 is 2.54 bits per heavy atom. The molecule has 1 nitrogen and oxygen atoms in total. The fourth-order valence-corrected chi connectivity index (χ4v) is 8.33. The van der Waals surface area contributed by atoms with Gasteiger partial charge in [-0.1, -0.05) is 58.6 Å². The molecule has 0 aromatic rings. The maximum Gasteiger partial charge on any atom is 0.0657 e. The molecule has 160 valence electrons. The minimum absolute atomic E-state index is 0.377. The molecule has 4 unspecified atom stereocenters. The molecule has 4 aliphatic carbocycles. The predicted octanol–water partition coefficient (Wildman–Crippen LogP) is 7.53. The van der Waals surface area contributed by atoms with Crippen molar-refractivity contribution < 1.29 is 5.11 Å². The second-order valence-electron chi connectivity index (χ2n) is 12.4. The molecule has 0 saturated heterocycles. The Bertz CT molecular complexity index is 601. The third kappa shape index (κ3) is 3.52. The molecule has 0 radical (unpaired) electrons. The first kappa shape index (κ1) is 21.0. The second kappa shape index (κ2) is 7.44. The zero-order valence-corrected chi connectivity index (χ0v) is 19.4. The van der Waals surface area contributed by atoms with E-state index in [0.717, 1.165) is 42.4 Å². The van der Waals surface area contributed by atoms with Crippen LogP contribution in [0, 0.1) is 40.4 Å². The first-order chi connectivity index (χ1) is 13.2. The van der Waals surface area contributed by atoms with E-state index >= 15 is 0 Å². The molecule has 1 N–H and O–H groups in total. The summed E-state index contributed by atoms with van der Waals surface area (Å²) < 4.78 is 0. The van der Waals surface area contributed by atoms with E-state index in [-0.39, 0.29) is 0 Å². The van der Waals surface area contributed by atoms with Gasteiger partial charge in [0, 0.05) is 0 Å². The summed E-state index contributed by atoms with van der Waals surface area (Å²) in [6.45, 7) is 12.0. The lowest BCUT2D eigenvalue weighted by Gasteiger charge is -2.59. The van der Waals surface area contributed by atoms with Gasteiger partial charge in [-0.2, -0.15) is 0 Å². The molecule has 0 aliphatic heterocycles. The van der Waals surface area contributed by atoms with Crippen LogP contribution < -0.4 is 0 Å². The zero-order chi connectivity index (χ0) is 20.2. The SMILES string of the molecule is CC(C)CCCC[C@H]1CCC2C3CC=C4C[C@@](C)(O)CCC4(C)C3CC[C@@]21C. The highest BCUT2D eigenvalue weighted by atomic mass is 16.3. The normalized spacial score (nSPS) is 48.0. The Hall–Kier alpha value is -0.300. The van der Waals surface area contributed by atoms with E-state index in [4.69, 9.17) is 0 Å². The quantitative estimate of drug-likeness (QED) is 0.382. The van der Waals surface area contributed by atoms with Crippen LogP contribution in [0.3, 0.4) is 0 Å². The number of fused-ring (bicyclic) bond motifs is 5. The standard InChI is InChI=1S/C27H46O/c1-19(2)8-6-7-9-20-11-13-23-22-12-10-21-18-25(3,28)16-17-27(21,5)24(22)14-15-26(20,23)4/h10,19-20,22-24,28H,6-9,11-18H2,1-5H3/t20-,22?,23?,24?,25-,26+,27?/m0/s1. The van der Waals surface area contributed by atoms with Crippen molar-refractivity contribution in [1.82, 2.24) is 0 Å². The topological polar surface area (TPSA) is 20.2 Å². The first-order valence-corrected chi connectivity index (χ1v) is 12.6. The van der Waals surface area contributed by atoms with Crippen LogP contribution in [0.4, 0.5) is 0 Å². The number of hydrogen-bond donors (Lipinski definition) is 1. The molecular formula is C27H46O. The number of aliphatic hydroxyl groups is 1. The minimum atomic E-state index is -0.462. The maximum atomic E-state index is 10.6. The van der Waals surface area contributed by atoms with Crippen molar-refractivity contribution in [3.05, 3.63) is 11.6 Å². The van der Waals surface area contributed by atoms with Gasteiger partial charge >= 0.3 is 0 Å². The zero-order valence-electron chi connectivity index (χ0n) is 19.4. The third-order valence-corrected chi connectivity index (χ3v) is 10.2. The summed E-state index contributed by atoms with van der Waals surface area (Å²) in [5.41, 5.74) is 2.13. The van der Waals surface area contributed by atoms with E-state index in [2.05, 4.69) is 40.7 Å². The summed E-state index contributed by atoms with van der Waals surface area (Å²) in [5.74, 6) is 4.59. The van der Waals surface area contributed by atoms with Crippen LogP contribution >= 0.6 is 0 Å². The lowest BCUT2D eigenvalue weighted by atomic mass is 9.46. The Kier molecular flexibility index (Phi) is 5.56. The molecule has 1 heteroatoms. The molecule has 0 heterocycles. The van der Waals surface area contributed by atoms with Crippen molar-refractivity contribution >= 4 is 0 Å². The van der Waals surface area contributed by atoms with Gasteiger partial charge in [0.1, 0.15) is 0 Å². The molecule has 0 bridgehead atoms. The van der Waals surface area contributed by atoms with E-state index < -0.39 is 5.60 Å². The lowest BCUT2D eigenvalue weighted by molar-refractivity contribution is -0.0661. The molecule has 28 heavy (non-hydrogen) atoms. The second-order valence-corrected chi connectivity index (χ2v) is 12.4. The van der Waals surface area contributed by atoms with Crippen molar-refractivity contribution in [3.63, 3.8) is 0 Å². The Balaban J connectivity index is 1.47. The highest BCUT2D eigenvalue weighted by Gasteiger charge is 2.58. The first-order valence-electron chi connectivity index (χ1n) is 12.6. The average Bonchev–Trinajstić information content (AvgIpc) is 2.95. The largest absolute Gasteiger partial charge is 0.390 e. The van der Waals surface area contributed by atoms with Crippen LogP contribution in [0.15, 0.2) is 11.6 Å². The van der Waals surface area contributed by atoms with Gasteiger partial charge in [-0.25, -0.2) is 0 Å².